The standard InChI is InChI=1S/C9H8N2O3S/c1-5-4-15-9-10-7(12)3-6(11(5)9)8(13)14-2/h3-4H,1-2H3. The number of rotatable bonds is 1. The first-order chi connectivity index (χ1) is 7.13. The van der Waals surface area contributed by atoms with Crippen molar-refractivity contribution in [1.29, 1.82) is 0 Å². The topological polar surface area (TPSA) is 60.7 Å². The molecule has 2 aromatic heterocycles. The smallest absolute Gasteiger partial charge is 0.355 e. The van der Waals surface area contributed by atoms with E-state index in [1.165, 1.54) is 24.5 Å². The van der Waals surface area contributed by atoms with Gasteiger partial charge in [0.15, 0.2) is 4.96 Å². The van der Waals surface area contributed by atoms with Gasteiger partial charge in [0.1, 0.15) is 5.69 Å². The van der Waals surface area contributed by atoms with Crippen LogP contribution in [-0.2, 0) is 4.74 Å². The molecule has 15 heavy (non-hydrogen) atoms. The van der Waals surface area contributed by atoms with Crippen molar-refractivity contribution in [3.63, 3.8) is 0 Å². The lowest BCUT2D eigenvalue weighted by molar-refractivity contribution is 0.0591. The van der Waals surface area contributed by atoms with Crippen molar-refractivity contribution in [3.05, 3.63) is 33.2 Å². The molecule has 0 N–H and O–H groups in total. The second kappa shape index (κ2) is 3.47. The zero-order valence-electron chi connectivity index (χ0n) is 8.18. The van der Waals surface area contributed by atoms with Crippen molar-refractivity contribution in [2.45, 2.75) is 6.92 Å². The molecule has 0 aromatic carbocycles. The van der Waals surface area contributed by atoms with Crippen molar-refractivity contribution < 1.29 is 9.53 Å². The SMILES string of the molecule is COC(=O)c1cc(=O)nc2scc(C)n12. The predicted molar refractivity (Wildman–Crippen MR) is 55.4 cm³/mol. The van der Waals surface area contributed by atoms with Crippen molar-refractivity contribution in [2.75, 3.05) is 7.11 Å². The van der Waals surface area contributed by atoms with E-state index in [9.17, 15) is 9.59 Å². The summed E-state index contributed by atoms with van der Waals surface area (Å²) in [6, 6.07) is 1.18. The Bertz CT molecular complexity index is 585. The Labute approximate surface area is 89.0 Å². The molecule has 0 aliphatic carbocycles. The van der Waals surface area contributed by atoms with Crippen molar-refractivity contribution in [1.82, 2.24) is 9.38 Å². The van der Waals surface area contributed by atoms with Gasteiger partial charge in [-0.3, -0.25) is 9.20 Å². The van der Waals surface area contributed by atoms with Crippen molar-refractivity contribution in [3.8, 4) is 0 Å². The molecule has 0 atom stereocenters. The molecule has 2 rings (SSSR count). The minimum Gasteiger partial charge on any atom is -0.464 e. The predicted octanol–water partition coefficient (Wildman–Crippen LogP) is 0.851. The highest BCUT2D eigenvalue weighted by molar-refractivity contribution is 7.15. The highest BCUT2D eigenvalue weighted by Gasteiger charge is 2.14. The monoisotopic (exact) mass is 224 g/mol. The van der Waals surface area contributed by atoms with E-state index in [1.807, 2.05) is 12.3 Å². The maximum Gasteiger partial charge on any atom is 0.355 e. The van der Waals surface area contributed by atoms with Gasteiger partial charge in [0, 0.05) is 17.1 Å². The third-order valence-electron chi connectivity index (χ3n) is 1.98. The van der Waals surface area contributed by atoms with E-state index < -0.39 is 11.5 Å². The van der Waals surface area contributed by atoms with Crippen LogP contribution < -0.4 is 5.56 Å². The summed E-state index contributed by atoms with van der Waals surface area (Å²) < 4.78 is 6.21. The molecule has 0 aliphatic rings. The summed E-state index contributed by atoms with van der Waals surface area (Å²) in [7, 11) is 1.28. The molecule has 0 bridgehead atoms. The molecule has 0 amide bonds. The fourth-order valence-corrected chi connectivity index (χ4v) is 2.20. The summed E-state index contributed by atoms with van der Waals surface area (Å²) in [5, 5.41) is 1.83. The van der Waals surface area contributed by atoms with Gasteiger partial charge in [-0.15, -0.1) is 11.3 Å². The number of hydrogen-bond donors (Lipinski definition) is 0. The molecule has 6 heteroatoms. The van der Waals surface area contributed by atoms with Gasteiger partial charge in [-0.1, -0.05) is 0 Å². The van der Waals surface area contributed by atoms with Gasteiger partial charge in [-0.2, -0.15) is 4.98 Å². The minimum atomic E-state index is -0.536. The van der Waals surface area contributed by atoms with Crippen LogP contribution in [0.5, 0.6) is 0 Å². The van der Waals surface area contributed by atoms with E-state index in [2.05, 4.69) is 9.72 Å². The van der Waals surface area contributed by atoms with Crippen LogP contribution in [0, 0.1) is 6.92 Å². The molecule has 0 saturated carbocycles. The molecule has 0 aliphatic heterocycles. The Balaban J connectivity index is 2.86. The molecule has 0 saturated heterocycles. The molecule has 2 aromatic rings. The zero-order chi connectivity index (χ0) is 11.0. The van der Waals surface area contributed by atoms with E-state index in [4.69, 9.17) is 0 Å². The van der Waals surface area contributed by atoms with Gasteiger partial charge in [0.05, 0.1) is 7.11 Å². The highest BCUT2D eigenvalue weighted by atomic mass is 32.1. The van der Waals surface area contributed by atoms with Gasteiger partial charge < -0.3 is 4.74 Å². The quantitative estimate of drug-likeness (QED) is 0.674. The van der Waals surface area contributed by atoms with Gasteiger partial charge in [-0.25, -0.2) is 4.79 Å². The number of ether oxygens (including phenoxy) is 1. The summed E-state index contributed by atoms with van der Waals surface area (Å²) >= 11 is 1.31. The summed E-state index contributed by atoms with van der Waals surface area (Å²) in [5.74, 6) is -0.536. The molecular formula is C9H8N2O3S. The number of esters is 1. The Morgan fingerprint density at radius 2 is 2.33 bits per heavy atom. The largest absolute Gasteiger partial charge is 0.464 e. The van der Waals surface area contributed by atoms with Crippen LogP contribution in [0.2, 0.25) is 0 Å². The van der Waals surface area contributed by atoms with Crippen LogP contribution in [0.1, 0.15) is 16.2 Å². The molecule has 0 spiro atoms. The summed E-state index contributed by atoms with van der Waals surface area (Å²) in [4.78, 5) is 26.9. The van der Waals surface area contributed by atoms with Crippen LogP contribution in [0.15, 0.2) is 16.2 Å². The molecule has 5 nitrogen and oxygen atoms in total. The van der Waals surface area contributed by atoms with Crippen molar-refractivity contribution >= 4 is 22.3 Å². The van der Waals surface area contributed by atoms with E-state index >= 15 is 0 Å². The average Bonchev–Trinajstić information content (AvgIpc) is 2.58. The zero-order valence-corrected chi connectivity index (χ0v) is 9.00. The molecule has 78 valence electrons. The Morgan fingerprint density at radius 1 is 1.60 bits per heavy atom. The maximum absolute atomic E-state index is 11.4. The number of carbonyl (C=O) groups excluding carboxylic acids is 1. The molecule has 2 heterocycles. The van der Waals surface area contributed by atoms with Crippen LogP contribution in [-0.4, -0.2) is 22.5 Å². The van der Waals surface area contributed by atoms with Gasteiger partial charge in [0.25, 0.3) is 5.56 Å². The van der Waals surface area contributed by atoms with E-state index in [0.29, 0.717) is 4.96 Å². The molecule has 0 unspecified atom stereocenters. The lowest BCUT2D eigenvalue weighted by Gasteiger charge is -2.03. The lowest BCUT2D eigenvalue weighted by Crippen LogP contribution is -2.16. The number of methoxy groups -OCH3 is 1. The number of aryl methyl sites for hydroxylation is 1. The average molecular weight is 224 g/mol. The third kappa shape index (κ3) is 1.52. The second-order valence-electron chi connectivity index (χ2n) is 2.97. The fraction of sp³-hybridized carbons (Fsp3) is 0.222. The number of aromatic nitrogens is 2. The van der Waals surface area contributed by atoms with Crippen LogP contribution in [0.3, 0.4) is 0 Å². The first kappa shape index (κ1) is 9.85. The lowest BCUT2D eigenvalue weighted by atomic mass is 10.4. The first-order valence-corrected chi connectivity index (χ1v) is 5.07. The normalized spacial score (nSPS) is 10.5. The highest BCUT2D eigenvalue weighted by Crippen LogP contribution is 2.14. The van der Waals surface area contributed by atoms with Crippen LogP contribution in [0.25, 0.3) is 4.96 Å². The van der Waals surface area contributed by atoms with E-state index in [0.717, 1.165) is 5.69 Å². The van der Waals surface area contributed by atoms with Crippen LogP contribution >= 0.6 is 11.3 Å². The minimum absolute atomic E-state index is 0.214. The maximum atomic E-state index is 11.4. The Hall–Kier alpha value is -1.69. The van der Waals surface area contributed by atoms with Crippen LogP contribution in [0.4, 0.5) is 0 Å². The number of hydrogen-bond acceptors (Lipinski definition) is 5. The summed E-state index contributed by atoms with van der Waals surface area (Å²) in [5.41, 5.74) is 0.631. The Morgan fingerprint density at radius 3 is 3.00 bits per heavy atom. The number of fused-ring (bicyclic) bond motifs is 1. The van der Waals surface area contributed by atoms with Gasteiger partial charge in [-0.05, 0) is 6.92 Å². The van der Waals surface area contributed by atoms with E-state index in [1.54, 1.807) is 4.40 Å². The number of thiazole rings is 1. The molecule has 0 fully saturated rings. The van der Waals surface area contributed by atoms with Crippen molar-refractivity contribution in [2.24, 2.45) is 0 Å². The second-order valence-corrected chi connectivity index (χ2v) is 3.80. The third-order valence-corrected chi connectivity index (χ3v) is 2.92. The Kier molecular flexibility index (Phi) is 2.28. The molecular weight excluding hydrogens is 216 g/mol. The number of carbonyl (C=O) groups is 1. The van der Waals surface area contributed by atoms with Gasteiger partial charge in [0.2, 0.25) is 0 Å². The van der Waals surface area contributed by atoms with E-state index in [-0.39, 0.29) is 5.69 Å². The first-order valence-electron chi connectivity index (χ1n) is 4.19. The summed E-state index contributed by atoms with van der Waals surface area (Å²) in [6.45, 7) is 1.84. The van der Waals surface area contributed by atoms with Gasteiger partial charge >= 0.3 is 5.97 Å². The summed E-state index contributed by atoms with van der Waals surface area (Å²) in [6.07, 6.45) is 0. The molecule has 0 radical (unpaired) electrons. The number of nitrogens with zero attached hydrogens (tertiary/aromatic N) is 2. The fourth-order valence-electron chi connectivity index (χ4n) is 1.33.